The summed E-state index contributed by atoms with van der Waals surface area (Å²) in [5, 5.41) is 0. The number of H-pyrrole nitrogens is 1. The van der Waals surface area contributed by atoms with Crippen LogP contribution < -0.4 is 0 Å². The maximum absolute atomic E-state index is 6.07. The molecule has 1 N–H and O–H groups in total. The van der Waals surface area contributed by atoms with Crippen LogP contribution in [0.5, 0.6) is 0 Å². The van der Waals surface area contributed by atoms with Gasteiger partial charge in [-0.2, -0.15) is 0 Å². The molecule has 3 rings (SSSR count). The molecule has 0 bridgehead atoms. The molecule has 0 aliphatic carbocycles. The molecule has 80 valence electrons. The molecule has 0 saturated heterocycles. The van der Waals surface area contributed by atoms with Crippen LogP contribution in [0.1, 0.15) is 0 Å². The predicted molar refractivity (Wildman–Crippen MR) is 67.2 cm³/mol. The molecule has 0 fully saturated rings. The van der Waals surface area contributed by atoms with Crippen LogP contribution in [0, 0.1) is 0 Å². The van der Waals surface area contributed by atoms with Crippen molar-refractivity contribution in [3.63, 3.8) is 0 Å². The average Bonchev–Trinajstić information content (AvgIpc) is 2.81. The van der Waals surface area contributed by atoms with Crippen LogP contribution in [0.4, 0.5) is 0 Å². The highest BCUT2D eigenvalue weighted by molar-refractivity contribution is 7.20. The topological polar surface area (TPSA) is 41.6 Å². The van der Waals surface area contributed by atoms with Gasteiger partial charge in [0.05, 0.1) is 21.6 Å². The number of aromatic nitrogens is 3. The van der Waals surface area contributed by atoms with Crippen LogP contribution >= 0.6 is 34.5 Å². The first-order valence-corrected chi connectivity index (χ1v) is 6.06. The van der Waals surface area contributed by atoms with Crippen molar-refractivity contribution >= 4 is 45.6 Å². The Kier molecular flexibility index (Phi) is 2.35. The summed E-state index contributed by atoms with van der Waals surface area (Å²) < 4.78 is 1.29. The standard InChI is InChI=1S/C10H5Cl2N3S/c11-8-3-5(9(12)16-8)10-14-6-1-2-13-4-7(6)15-10/h1-4H,(H,14,15). The zero-order valence-electron chi connectivity index (χ0n) is 7.87. The summed E-state index contributed by atoms with van der Waals surface area (Å²) in [6.07, 6.45) is 3.43. The monoisotopic (exact) mass is 269 g/mol. The zero-order chi connectivity index (χ0) is 11.1. The maximum atomic E-state index is 6.07. The summed E-state index contributed by atoms with van der Waals surface area (Å²) in [6, 6.07) is 3.65. The van der Waals surface area contributed by atoms with Gasteiger partial charge in [-0.25, -0.2) is 4.98 Å². The molecule has 6 heteroatoms. The Morgan fingerprint density at radius 2 is 2.19 bits per heavy atom. The highest BCUT2D eigenvalue weighted by Crippen LogP contribution is 2.37. The summed E-state index contributed by atoms with van der Waals surface area (Å²) in [4.78, 5) is 11.6. The molecule has 0 atom stereocenters. The number of thiophene rings is 1. The molecular weight excluding hydrogens is 265 g/mol. The van der Waals surface area contributed by atoms with E-state index in [4.69, 9.17) is 23.2 Å². The SMILES string of the molecule is Clc1cc(-c2nc3ccncc3[nH]2)c(Cl)s1. The number of aromatic amines is 1. The first-order chi connectivity index (χ1) is 7.74. The van der Waals surface area contributed by atoms with E-state index in [0.29, 0.717) is 8.67 Å². The van der Waals surface area contributed by atoms with Crippen LogP contribution in [-0.4, -0.2) is 15.0 Å². The smallest absolute Gasteiger partial charge is 0.140 e. The molecule has 0 amide bonds. The first kappa shape index (κ1) is 10.1. The molecule has 0 spiro atoms. The summed E-state index contributed by atoms with van der Waals surface area (Å²) >= 11 is 13.3. The van der Waals surface area contributed by atoms with Gasteiger partial charge in [-0.05, 0) is 12.1 Å². The molecule has 3 aromatic heterocycles. The van der Waals surface area contributed by atoms with Crippen molar-refractivity contribution in [2.24, 2.45) is 0 Å². The number of hydrogen-bond acceptors (Lipinski definition) is 3. The van der Waals surface area contributed by atoms with Crippen LogP contribution in [0.25, 0.3) is 22.4 Å². The number of pyridine rings is 1. The Hall–Kier alpha value is -1.10. The van der Waals surface area contributed by atoms with E-state index in [-0.39, 0.29) is 0 Å². The molecule has 3 aromatic rings. The van der Waals surface area contributed by atoms with Crippen molar-refractivity contribution in [3.05, 3.63) is 33.2 Å². The third-order valence-corrected chi connectivity index (χ3v) is 3.68. The van der Waals surface area contributed by atoms with E-state index in [9.17, 15) is 0 Å². The number of halogens is 2. The van der Waals surface area contributed by atoms with Crippen LogP contribution in [-0.2, 0) is 0 Å². The summed E-state index contributed by atoms with van der Waals surface area (Å²) in [5.41, 5.74) is 2.58. The lowest BCUT2D eigenvalue weighted by Gasteiger charge is -1.90. The van der Waals surface area contributed by atoms with E-state index >= 15 is 0 Å². The number of rotatable bonds is 1. The lowest BCUT2D eigenvalue weighted by molar-refractivity contribution is 1.33. The van der Waals surface area contributed by atoms with Gasteiger partial charge in [-0.3, -0.25) is 4.98 Å². The highest BCUT2D eigenvalue weighted by atomic mass is 35.5. The minimum atomic E-state index is 0.636. The van der Waals surface area contributed by atoms with Gasteiger partial charge in [0, 0.05) is 11.8 Å². The molecule has 0 aromatic carbocycles. The molecule has 16 heavy (non-hydrogen) atoms. The van der Waals surface area contributed by atoms with Crippen molar-refractivity contribution in [2.45, 2.75) is 0 Å². The van der Waals surface area contributed by atoms with E-state index in [1.165, 1.54) is 11.3 Å². The third kappa shape index (κ3) is 1.59. The van der Waals surface area contributed by atoms with E-state index in [2.05, 4.69) is 15.0 Å². The summed E-state index contributed by atoms with van der Waals surface area (Å²) in [5.74, 6) is 0.719. The minimum Gasteiger partial charge on any atom is -0.337 e. The molecular formula is C10H5Cl2N3S. The second kappa shape index (κ2) is 3.73. The molecule has 3 nitrogen and oxygen atoms in total. The predicted octanol–water partition coefficient (Wildman–Crippen LogP) is 3.99. The molecule has 3 heterocycles. The number of hydrogen-bond donors (Lipinski definition) is 1. The number of imidazole rings is 1. The fourth-order valence-corrected chi connectivity index (χ4v) is 2.95. The second-order valence-electron chi connectivity index (χ2n) is 3.22. The van der Waals surface area contributed by atoms with Gasteiger partial charge < -0.3 is 4.98 Å². The van der Waals surface area contributed by atoms with Gasteiger partial charge in [0.15, 0.2) is 0 Å². The number of nitrogens with one attached hydrogen (secondary N) is 1. The minimum absolute atomic E-state index is 0.636. The van der Waals surface area contributed by atoms with Crippen LogP contribution in [0.3, 0.4) is 0 Å². The first-order valence-electron chi connectivity index (χ1n) is 4.49. The van der Waals surface area contributed by atoms with Crippen LogP contribution in [0.15, 0.2) is 24.5 Å². The van der Waals surface area contributed by atoms with Crippen molar-refractivity contribution in [1.82, 2.24) is 15.0 Å². The summed E-state index contributed by atoms with van der Waals surface area (Å²) in [6.45, 7) is 0. The summed E-state index contributed by atoms with van der Waals surface area (Å²) in [7, 11) is 0. The fraction of sp³-hybridized carbons (Fsp3) is 0. The Bertz CT molecular complexity index is 626. The zero-order valence-corrected chi connectivity index (χ0v) is 10.2. The van der Waals surface area contributed by atoms with Gasteiger partial charge in [-0.1, -0.05) is 23.2 Å². The largest absolute Gasteiger partial charge is 0.337 e. The van der Waals surface area contributed by atoms with E-state index in [1.807, 2.05) is 6.07 Å². The van der Waals surface area contributed by atoms with Crippen molar-refractivity contribution < 1.29 is 0 Å². The van der Waals surface area contributed by atoms with E-state index in [1.54, 1.807) is 18.5 Å². The number of fused-ring (bicyclic) bond motifs is 1. The van der Waals surface area contributed by atoms with Crippen LogP contribution in [0.2, 0.25) is 8.67 Å². The highest BCUT2D eigenvalue weighted by Gasteiger charge is 2.12. The normalized spacial score (nSPS) is 11.1. The van der Waals surface area contributed by atoms with Gasteiger partial charge >= 0.3 is 0 Å². The van der Waals surface area contributed by atoms with Gasteiger partial charge in [0.2, 0.25) is 0 Å². The Labute approximate surface area is 105 Å². The molecule has 0 saturated carbocycles. The molecule has 0 unspecified atom stereocenters. The second-order valence-corrected chi connectivity index (χ2v) is 5.50. The van der Waals surface area contributed by atoms with Gasteiger partial charge in [0.1, 0.15) is 10.2 Å². The lowest BCUT2D eigenvalue weighted by atomic mass is 10.3. The molecule has 0 radical (unpaired) electrons. The van der Waals surface area contributed by atoms with Crippen molar-refractivity contribution in [2.75, 3.05) is 0 Å². The van der Waals surface area contributed by atoms with E-state index in [0.717, 1.165) is 22.4 Å². The Balaban J connectivity index is 2.22. The van der Waals surface area contributed by atoms with Crippen molar-refractivity contribution in [1.29, 1.82) is 0 Å². The Morgan fingerprint density at radius 3 is 2.88 bits per heavy atom. The maximum Gasteiger partial charge on any atom is 0.140 e. The fourth-order valence-electron chi connectivity index (χ4n) is 1.49. The van der Waals surface area contributed by atoms with E-state index < -0.39 is 0 Å². The number of nitrogens with zero attached hydrogens (tertiary/aromatic N) is 2. The third-order valence-electron chi connectivity index (χ3n) is 2.20. The molecule has 0 aliphatic rings. The average molecular weight is 270 g/mol. The lowest BCUT2D eigenvalue weighted by Crippen LogP contribution is -1.76. The van der Waals surface area contributed by atoms with Gasteiger partial charge in [-0.15, -0.1) is 11.3 Å². The molecule has 0 aliphatic heterocycles. The quantitative estimate of drug-likeness (QED) is 0.726. The van der Waals surface area contributed by atoms with Crippen molar-refractivity contribution in [3.8, 4) is 11.4 Å². The van der Waals surface area contributed by atoms with Gasteiger partial charge in [0.25, 0.3) is 0 Å². The Morgan fingerprint density at radius 1 is 1.31 bits per heavy atom.